The number of guanidine groups is 1. The van der Waals surface area contributed by atoms with Crippen LogP contribution in [0.15, 0.2) is 23.2 Å². The zero-order valence-electron chi connectivity index (χ0n) is 16.0. The van der Waals surface area contributed by atoms with Crippen molar-refractivity contribution in [1.82, 2.24) is 10.6 Å². The van der Waals surface area contributed by atoms with E-state index in [0.717, 1.165) is 17.7 Å². The summed E-state index contributed by atoms with van der Waals surface area (Å²) < 4.78 is 45.8. The molecule has 0 heterocycles. The van der Waals surface area contributed by atoms with Crippen molar-refractivity contribution in [3.8, 4) is 5.75 Å². The average molecular weight is 503 g/mol. The molecule has 0 fully saturated rings. The summed E-state index contributed by atoms with van der Waals surface area (Å²) in [4.78, 5) is 4.34. The molecule has 0 saturated carbocycles. The van der Waals surface area contributed by atoms with Gasteiger partial charge < -0.3 is 20.1 Å². The molecule has 0 bridgehead atoms. The molecule has 0 aromatic heterocycles. The van der Waals surface area contributed by atoms with E-state index >= 15 is 0 Å². The Labute approximate surface area is 176 Å². The van der Waals surface area contributed by atoms with Gasteiger partial charge in [0.25, 0.3) is 0 Å². The van der Waals surface area contributed by atoms with Crippen LogP contribution in [0.3, 0.4) is 0 Å². The number of nitrogens with zero attached hydrogens (tertiary/aromatic N) is 1. The van der Waals surface area contributed by atoms with E-state index in [4.69, 9.17) is 4.74 Å². The van der Waals surface area contributed by atoms with E-state index < -0.39 is 12.8 Å². The van der Waals surface area contributed by atoms with E-state index in [9.17, 15) is 13.2 Å². The number of aryl methyl sites for hydroxylation is 1. The Hall–Kier alpha value is -1.23. The third kappa shape index (κ3) is 12.0. The topological polar surface area (TPSA) is 54.9 Å². The number of hydrogen-bond donors (Lipinski definition) is 2. The molecule has 0 radical (unpaired) electrons. The molecule has 1 aromatic rings. The highest BCUT2D eigenvalue weighted by Crippen LogP contribution is 2.19. The van der Waals surface area contributed by atoms with Crippen molar-refractivity contribution in [2.24, 2.45) is 4.99 Å². The predicted molar refractivity (Wildman–Crippen MR) is 112 cm³/mol. The Morgan fingerprint density at radius 2 is 1.96 bits per heavy atom. The van der Waals surface area contributed by atoms with Crippen molar-refractivity contribution in [2.45, 2.75) is 32.9 Å². The largest absolute Gasteiger partial charge is 0.496 e. The molecule has 0 aliphatic rings. The Kier molecular flexibility index (Phi) is 13.2. The molecule has 0 amide bonds. The minimum atomic E-state index is -4.28. The summed E-state index contributed by atoms with van der Waals surface area (Å²) in [7, 11) is 1.65. The predicted octanol–water partition coefficient (Wildman–Crippen LogP) is 3.69. The SMILES string of the molecule is CCNC(=NCCCOCC(F)(F)F)NCCc1cc(C)ccc1OC.I. The average Bonchev–Trinajstić information content (AvgIpc) is 2.57. The fourth-order valence-corrected chi connectivity index (χ4v) is 2.31. The maximum absolute atomic E-state index is 12.0. The molecular weight excluding hydrogens is 474 g/mol. The van der Waals surface area contributed by atoms with E-state index in [1.54, 1.807) is 7.11 Å². The quantitative estimate of drug-likeness (QED) is 0.222. The van der Waals surface area contributed by atoms with Crippen molar-refractivity contribution >= 4 is 29.9 Å². The van der Waals surface area contributed by atoms with Gasteiger partial charge in [-0.1, -0.05) is 17.7 Å². The lowest BCUT2D eigenvalue weighted by Crippen LogP contribution is -2.38. The molecular formula is C18H29F3IN3O2. The van der Waals surface area contributed by atoms with Gasteiger partial charge in [-0.25, -0.2) is 0 Å². The van der Waals surface area contributed by atoms with Crippen LogP contribution in [0.2, 0.25) is 0 Å². The normalized spacial score (nSPS) is 11.7. The first-order chi connectivity index (χ1) is 12.4. The molecule has 0 atom stereocenters. The first-order valence-corrected chi connectivity index (χ1v) is 8.66. The molecule has 1 aromatic carbocycles. The third-order valence-corrected chi connectivity index (χ3v) is 3.45. The van der Waals surface area contributed by atoms with Crippen LogP contribution in [0.25, 0.3) is 0 Å². The molecule has 1 rings (SSSR count). The fourth-order valence-electron chi connectivity index (χ4n) is 2.31. The first-order valence-electron chi connectivity index (χ1n) is 8.66. The molecule has 0 saturated heterocycles. The first kappa shape index (κ1) is 25.8. The standard InChI is InChI=1S/C18H28F3N3O2.HI/c1-4-22-17(23-9-5-11-26-13-18(19,20)21)24-10-8-15-12-14(2)6-7-16(15)25-3;/h6-7,12H,4-5,8-11,13H2,1-3H3,(H2,22,23,24);1H. The lowest BCUT2D eigenvalue weighted by molar-refractivity contribution is -0.173. The van der Waals surface area contributed by atoms with Crippen LogP contribution in [0.1, 0.15) is 24.5 Å². The molecule has 0 unspecified atom stereocenters. The second-order valence-electron chi connectivity index (χ2n) is 5.77. The summed E-state index contributed by atoms with van der Waals surface area (Å²) in [5, 5.41) is 6.33. The maximum atomic E-state index is 12.0. The zero-order valence-corrected chi connectivity index (χ0v) is 18.3. The molecule has 5 nitrogen and oxygen atoms in total. The van der Waals surface area contributed by atoms with Gasteiger partial charge in [0.05, 0.1) is 7.11 Å². The molecule has 27 heavy (non-hydrogen) atoms. The zero-order chi connectivity index (χ0) is 19.4. The minimum Gasteiger partial charge on any atom is -0.496 e. The van der Waals surface area contributed by atoms with E-state index in [2.05, 4.69) is 26.4 Å². The van der Waals surface area contributed by atoms with Crippen LogP contribution in [0.4, 0.5) is 13.2 Å². The monoisotopic (exact) mass is 503 g/mol. The fraction of sp³-hybridized carbons (Fsp3) is 0.611. The number of halogens is 4. The number of hydrogen-bond acceptors (Lipinski definition) is 3. The molecule has 0 aliphatic carbocycles. The lowest BCUT2D eigenvalue weighted by atomic mass is 10.1. The Morgan fingerprint density at radius 1 is 1.22 bits per heavy atom. The highest BCUT2D eigenvalue weighted by Gasteiger charge is 2.27. The van der Waals surface area contributed by atoms with Crippen LogP contribution in [0.5, 0.6) is 5.75 Å². The smallest absolute Gasteiger partial charge is 0.411 e. The highest BCUT2D eigenvalue weighted by molar-refractivity contribution is 14.0. The van der Waals surface area contributed by atoms with Gasteiger partial charge in [0.2, 0.25) is 0 Å². The van der Waals surface area contributed by atoms with E-state index in [1.165, 1.54) is 5.56 Å². The van der Waals surface area contributed by atoms with Crippen LogP contribution in [-0.4, -0.2) is 52.1 Å². The summed E-state index contributed by atoms with van der Waals surface area (Å²) >= 11 is 0. The summed E-state index contributed by atoms with van der Waals surface area (Å²) in [6.07, 6.45) is -3.08. The highest BCUT2D eigenvalue weighted by atomic mass is 127. The Bertz CT molecular complexity index is 569. The summed E-state index contributed by atoms with van der Waals surface area (Å²) in [5.74, 6) is 1.48. The number of rotatable bonds is 10. The van der Waals surface area contributed by atoms with Gasteiger partial charge in [-0.15, -0.1) is 24.0 Å². The van der Waals surface area contributed by atoms with Gasteiger partial charge in [-0.2, -0.15) is 13.2 Å². The van der Waals surface area contributed by atoms with E-state index in [1.807, 2.05) is 26.0 Å². The summed E-state index contributed by atoms with van der Waals surface area (Å²) in [6.45, 7) is 4.55. The van der Waals surface area contributed by atoms with Gasteiger partial charge in [0.1, 0.15) is 12.4 Å². The van der Waals surface area contributed by atoms with Crippen molar-refractivity contribution < 1.29 is 22.6 Å². The molecule has 2 N–H and O–H groups in total. The van der Waals surface area contributed by atoms with Crippen molar-refractivity contribution in [3.63, 3.8) is 0 Å². The van der Waals surface area contributed by atoms with E-state index in [0.29, 0.717) is 32.0 Å². The second-order valence-corrected chi connectivity index (χ2v) is 5.77. The Morgan fingerprint density at radius 3 is 2.59 bits per heavy atom. The molecule has 0 spiro atoms. The van der Waals surface area contributed by atoms with Crippen molar-refractivity contribution in [1.29, 1.82) is 0 Å². The number of nitrogens with one attached hydrogen (secondary N) is 2. The third-order valence-electron chi connectivity index (χ3n) is 3.45. The van der Waals surface area contributed by atoms with Crippen LogP contribution < -0.4 is 15.4 Å². The van der Waals surface area contributed by atoms with Gasteiger partial charge >= 0.3 is 6.18 Å². The molecule has 0 aliphatic heterocycles. The van der Waals surface area contributed by atoms with E-state index in [-0.39, 0.29) is 30.6 Å². The van der Waals surface area contributed by atoms with Crippen LogP contribution in [0, 0.1) is 6.92 Å². The van der Waals surface area contributed by atoms with Gasteiger partial charge in [0.15, 0.2) is 5.96 Å². The number of ether oxygens (including phenoxy) is 2. The number of methoxy groups -OCH3 is 1. The van der Waals surface area contributed by atoms with Crippen LogP contribution in [-0.2, 0) is 11.2 Å². The minimum absolute atomic E-state index is 0. The van der Waals surface area contributed by atoms with Crippen molar-refractivity contribution in [3.05, 3.63) is 29.3 Å². The summed E-state index contributed by atoms with van der Waals surface area (Å²) in [5.41, 5.74) is 2.27. The lowest BCUT2D eigenvalue weighted by Gasteiger charge is -2.13. The second kappa shape index (κ2) is 13.9. The number of aliphatic imine (C=N–C) groups is 1. The van der Waals surface area contributed by atoms with Gasteiger partial charge in [-0.05, 0) is 38.3 Å². The van der Waals surface area contributed by atoms with Gasteiger partial charge in [0, 0.05) is 26.2 Å². The number of alkyl halides is 3. The maximum Gasteiger partial charge on any atom is 0.411 e. The molecule has 9 heteroatoms. The number of benzene rings is 1. The Balaban J connectivity index is 0.00000676. The molecule has 156 valence electrons. The summed E-state index contributed by atoms with van der Waals surface area (Å²) in [6, 6.07) is 6.04. The van der Waals surface area contributed by atoms with Crippen LogP contribution >= 0.6 is 24.0 Å². The van der Waals surface area contributed by atoms with Gasteiger partial charge in [-0.3, -0.25) is 4.99 Å². The van der Waals surface area contributed by atoms with Crippen molar-refractivity contribution in [2.75, 3.05) is 40.0 Å².